The highest BCUT2D eigenvalue weighted by Gasteiger charge is 2.69. The minimum atomic E-state index is -4.06. The quantitative estimate of drug-likeness (QED) is 0.313. The Kier molecular flexibility index (Phi) is 7.45. The smallest absolute Gasteiger partial charge is 0.380 e. The van der Waals surface area contributed by atoms with Crippen LogP contribution >= 0.6 is 0 Å². The van der Waals surface area contributed by atoms with Crippen molar-refractivity contribution in [2.45, 2.75) is 134 Å². The van der Waals surface area contributed by atoms with Crippen molar-refractivity contribution in [3.63, 3.8) is 0 Å². The molecular formula is C35H49NO9S. The third-order valence-corrected chi connectivity index (χ3v) is 14.2. The van der Waals surface area contributed by atoms with E-state index in [2.05, 4.69) is 20.8 Å². The average molecular weight is 660 g/mol. The molecule has 11 heteroatoms. The monoisotopic (exact) mass is 659 g/mol. The maximum absolute atomic E-state index is 13.7. The lowest BCUT2D eigenvalue weighted by atomic mass is 9.55. The number of esters is 1. The van der Waals surface area contributed by atoms with Crippen LogP contribution in [-0.2, 0) is 45.5 Å². The Balaban J connectivity index is 0.949. The largest absolute Gasteiger partial charge is 0.462 e. The van der Waals surface area contributed by atoms with Crippen LogP contribution in [0.15, 0.2) is 18.2 Å². The normalized spacial score (nSPS) is 47.5. The van der Waals surface area contributed by atoms with Gasteiger partial charge in [0.2, 0.25) is 5.79 Å². The van der Waals surface area contributed by atoms with E-state index in [4.69, 9.17) is 33.3 Å². The maximum atomic E-state index is 13.7. The zero-order valence-corrected chi connectivity index (χ0v) is 28.3. The van der Waals surface area contributed by atoms with Crippen LogP contribution in [0.2, 0.25) is 0 Å². The molecule has 0 aromatic heterocycles. The molecule has 4 aliphatic heterocycles. The molecular weight excluding hydrogens is 610 g/mol. The fourth-order valence-corrected chi connectivity index (χ4v) is 11.8. The van der Waals surface area contributed by atoms with Crippen molar-refractivity contribution >= 4 is 16.3 Å². The van der Waals surface area contributed by atoms with E-state index in [0.717, 1.165) is 69.8 Å². The van der Waals surface area contributed by atoms with Gasteiger partial charge < -0.3 is 18.4 Å². The molecule has 1 aromatic carbocycles. The van der Waals surface area contributed by atoms with Crippen LogP contribution in [0.5, 0.6) is 5.75 Å². The first-order valence-electron chi connectivity index (χ1n) is 17.5. The Labute approximate surface area is 272 Å². The molecule has 46 heavy (non-hydrogen) atoms. The van der Waals surface area contributed by atoms with E-state index in [1.165, 1.54) is 5.56 Å². The second-order valence-corrected chi connectivity index (χ2v) is 17.3. The predicted octanol–water partition coefficient (Wildman–Crippen LogP) is 5.68. The Bertz CT molecular complexity index is 1500. The van der Waals surface area contributed by atoms with Gasteiger partial charge in [-0.25, -0.2) is 9.78 Å². The van der Waals surface area contributed by atoms with Crippen molar-refractivity contribution in [1.29, 1.82) is 0 Å². The molecule has 4 heterocycles. The summed E-state index contributed by atoms with van der Waals surface area (Å²) in [6, 6.07) is 5.57. The van der Waals surface area contributed by atoms with Crippen LogP contribution < -0.4 is 9.32 Å². The Morgan fingerprint density at radius 3 is 2.59 bits per heavy atom. The summed E-state index contributed by atoms with van der Waals surface area (Å²) in [5.74, 6) is 1.72. The van der Waals surface area contributed by atoms with Crippen LogP contribution in [0.25, 0.3) is 0 Å². The highest BCUT2D eigenvalue weighted by molar-refractivity contribution is 7.84. The summed E-state index contributed by atoms with van der Waals surface area (Å²) in [5, 5.41) is 5.09. The first kappa shape index (κ1) is 31.5. The van der Waals surface area contributed by atoms with Gasteiger partial charge in [-0.1, -0.05) is 26.8 Å². The summed E-state index contributed by atoms with van der Waals surface area (Å²) in [4.78, 5) is 25.9. The van der Waals surface area contributed by atoms with E-state index >= 15 is 0 Å². The maximum Gasteiger partial charge on any atom is 0.380 e. The zero-order chi connectivity index (χ0) is 32.2. The molecule has 9 rings (SSSR count). The first-order chi connectivity index (χ1) is 21.8. The van der Waals surface area contributed by atoms with Gasteiger partial charge in [0.05, 0.1) is 12.5 Å². The number of hydrogen-bond donors (Lipinski definition) is 1. The average Bonchev–Trinajstić information content (AvgIpc) is 3.14. The van der Waals surface area contributed by atoms with Crippen LogP contribution in [0.1, 0.15) is 109 Å². The Morgan fingerprint density at radius 2 is 1.78 bits per heavy atom. The molecule has 1 unspecified atom stereocenters. The summed E-state index contributed by atoms with van der Waals surface area (Å²) in [6.45, 7) is 8.77. The van der Waals surface area contributed by atoms with E-state index in [9.17, 15) is 13.2 Å². The molecule has 10 nitrogen and oxygen atoms in total. The van der Waals surface area contributed by atoms with Crippen molar-refractivity contribution in [3.8, 4) is 5.75 Å². The molecule has 8 aliphatic rings. The second kappa shape index (κ2) is 10.9. The van der Waals surface area contributed by atoms with Gasteiger partial charge in [-0.3, -0.25) is 4.79 Å². The minimum absolute atomic E-state index is 0.0653. The molecule has 4 saturated heterocycles. The van der Waals surface area contributed by atoms with Crippen molar-refractivity contribution < 1.29 is 41.4 Å². The van der Waals surface area contributed by atoms with E-state index in [1.54, 1.807) is 6.07 Å². The molecule has 0 radical (unpaired) electrons. The van der Waals surface area contributed by atoms with E-state index in [1.807, 2.05) is 19.1 Å². The summed E-state index contributed by atoms with van der Waals surface area (Å²) in [5.41, 5.74) is 1.74. The van der Waals surface area contributed by atoms with Gasteiger partial charge in [0.15, 0.2) is 11.9 Å². The van der Waals surface area contributed by atoms with E-state index < -0.39 is 28.0 Å². The molecule has 13 atom stereocenters. The highest BCUT2D eigenvalue weighted by atomic mass is 32.2. The molecule has 3 saturated carbocycles. The number of nitrogens with two attached hydrogens (primary N) is 1. The standard InChI is InChI=1S/C35H49NO9S/c1-19-5-10-27-20(2)29(40-32-35(27)26(19)14-16-34(4,42-32)44-45-35)18-31(37)41-30-12-11-28-25-8-6-21-17-22(43-46(36,38)39)7-9-23(21)24(25)13-15-33(28,30)3/h7,9,17,19-20,24-30,32H,5-6,8,10-16,18H2,1-4H3,(H2,36,38,39)/t19-,20-,24-,25-,26+,27+,28+,29-,30+,32-,33+,34?,35-/m1/s1. The van der Waals surface area contributed by atoms with Crippen LogP contribution in [0.4, 0.5) is 0 Å². The Hall–Kier alpha value is -1.76. The van der Waals surface area contributed by atoms with Crippen LogP contribution in [0, 0.1) is 40.9 Å². The van der Waals surface area contributed by atoms with Crippen LogP contribution in [-0.4, -0.2) is 44.3 Å². The number of fused-ring (bicyclic) bond motifs is 7. The van der Waals surface area contributed by atoms with Crippen molar-refractivity contribution in [3.05, 3.63) is 29.3 Å². The lowest BCUT2D eigenvalue weighted by molar-refractivity contribution is -0.571. The highest BCUT2D eigenvalue weighted by Crippen LogP contribution is 2.63. The molecule has 0 amide bonds. The lowest BCUT2D eigenvalue weighted by Gasteiger charge is -2.60. The second-order valence-electron chi connectivity index (χ2n) is 16.1. The summed E-state index contributed by atoms with van der Waals surface area (Å²) >= 11 is 0. The molecule has 2 bridgehead atoms. The van der Waals surface area contributed by atoms with E-state index in [0.29, 0.717) is 29.6 Å². The van der Waals surface area contributed by atoms with Gasteiger partial charge in [-0.2, -0.15) is 13.6 Å². The summed E-state index contributed by atoms with van der Waals surface area (Å²) in [6.07, 6.45) is 8.95. The van der Waals surface area contributed by atoms with Crippen molar-refractivity contribution in [1.82, 2.24) is 0 Å². The molecule has 1 aromatic rings. The van der Waals surface area contributed by atoms with Gasteiger partial charge in [-0.05, 0) is 123 Å². The van der Waals surface area contributed by atoms with E-state index in [-0.39, 0.29) is 47.6 Å². The molecule has 254 valence electrons. The van der Waals surface area contributed by atoms with Gasteiger partial charge in [0.25, 0.3) is 0 Å². The summed E-state index contributed by atoms with van der Waals surface area (Å²) in [7, 11) is -4.06. The number of rotatable bonds is 5. The zero-order valence-electron chi connectivity index (χ0n) is 27.4. The molecule has 4 aliphatic carbocycles. The lowest BCUT2D eigenvalue weighted by Crippen LogP contribution is -2.70. The topological polar surface area (TPSA) is 133 Å². The number of benzene rings is 1. The number of carbonyl (C=O) groups is 1. The van der Waals surface area contributed by atoms with Crippen LogP contribution in [0.3, 0.4) is 0 Å². The van der Waals surface area contributed by atoms with Gasteiger partial charge in [0.1, 0.15) is 11.9 Å². The van der Waals surface area contributed by atoms with Gasteiger partial charge >= 0.3 is 16.3 Å². The first-order valence-corrected chi connectivity index (χ1v) is 19.0. The predicted molar refractivity (Wildman–Crippen MR) is 166 cm³/mol. The Morgan fingerprint density at radius 1 is 0.978 bits per heavy atom. The van der Waals surface area contributed by atoms with Crippen molar-refractivity contribution in [2.75, 3.05) is 0 Å². The number of carbonyl (C=O) groups excluding carboxylic acids is 1. The number of hydrogen-bond acceptors (Lipinski definition) is 9. The van der Waals surface area contributed by atoms with Crippen molar-refractivity contribution in [2.24, 2.45) is 46.1 Å². The minimum Gasteiger partial charge on any atom is -0.462 e. The molecule has 1 spiro atoms. The third-order valence-electron chi connectivity index (χ3n) is 13.8. The number of aryl methyl sites for hydroxylation is 1. The van der Waals surface area contributed by atoms with Gasteiger partial charge in [-0.15, -0.1) is 0 Å². The molecule has 2 N–H and O–H groups in total. The molecule has 7 fully saturated rings. The SMILES string of the molecule is C[C@H]1[C@@H](CC(=O)O[C@H]2CC[C@H]3[C@@H]4CCc5cc(OS(N)(=O)=O)ccc5[C@H]4CC[C@]23C)O[C@@H]2OC3(C)CC[C@H]4[C@H](C)CC[C@@H]1[C@@]24OO3. The fourth-order valence-electron chi connectivity index (χ4n) is 11.5. The summed E-state index contributed by atoms with van der Waals surface area (Å²) < 4.78 is 47.4. The fraction of sp³-hybridized carbons (Fsp3) is 0.800. The number of ether oxygens (including phenoxy) is 3. The third kappa shape index (κ3) is 4.89. The van der Waals surface area contributed by atoms with Gasteiger partial charge in [0, 0.05) is 17.8 Å².